The highest BCUT2D eigenvalue weighted by Crippen LogP contribution is 2.32. The van der Waals surface area contributed by atoms with Crippen LogP contribution in [0.3, 0.4) is 0 Å². The van der Waals surface area contributed by atoms with Crippen LogP contribution in [0.25, 0.3) is 11.4 Å². The van der Waals surface area contributed by atoms with Gasteiger partial charge in [-0.15, -0.1) is 10.2 Å². The second-order valence-electron chi connectivity index (χ2n) is 8.93. The van der Waals surface area contributed by atoms with Gasteiger partial charge in [0.1, 0.15) is 0 Å². The van der Waals surface area contributed by atoms with Gasteiger partial charge in [0.2, 0.25) is 21.8 Å². The maximum Gasteiger partial charge on any atom is 0.240 e. The second-order valence-corrected chi connectivity index (χ2v) is 10.8. The predicted molar refractivity (Wildman–Crippen MR) is 120 cm³/mol. The number of benzene rings is 1. The number of tetrazole rings is 1. The second kappa shape index (κ2) is 9.66. The van der Waals surface area contributed by atoms with Crippen LogP contribution in [-0.4, -0.2) is 59.6 Å². The van der Waals surface area contributed by atoms with E-state index < -0.39 is 10.0 Å². The van der Waals surface area contributed by atoms with E-state index in [4.69, 9.17) is 0 Å². The van der Waals surface area contributed by atoms with E-state index in [-0.39, 0.29) is 16.8 Å². The Morgan fingerprint density at radius 3 is 2.66 bits per heavy atom. The predicted octanol–water partition coefficient (Wildman–Crippen LogP) is 2.55. The molecule has 9 nitrogen and oxygen atoms in total. The van der Waals surface area contributed by atoms with E-state index in [1.165, 1.54) is 39.2 Å². The monoisotopic (exact) mass is 460 g/mol. The van der Waals surface area contributed by atoms with Gasteiger partial charge in [0.25, 0.3) is 0 Å². The molecule has 2 aliphatic rings. The van der Waals surface area contributed by atoms with Gasteiger partial charge in [0.15, 0.2) is 0 Å². The summed E-state index contributed by atoms with van der Waals surface area (Å²) in [5.41, 5.74) is 1.78. The molecule has 2 fully saturated rings. The summed E-state index contributed by atoms with van der Waals surface area (Å²) >= 11 is 0. The van der Waals surface area contributed by atoms with Crippen LogP contribution >= 0.6 is 0 Å². The molecule has 1 aliphatic carbocycles. The molecule has 4 rings (SSSR count). The van der Waals surface area contributed by atoms with Gasteiger partial charge in [0.05, 0.1) is 10.9 Å². The van der Waals surface area contributed by atoms with E-state index >= 15 is 0 Å². The first-order valence-corrected chi connectivity index (χ1v) is 13.0. The lowest BCUT2D eigenvalue weighted by atomic mass is 9.84. The summed E-state index contributed by atoms with van der Waals surface area (Å²) in [7, 11) is -2.18. The van der Waals surface area contributed by atoms with Gasteiger partial charge >= 0.3 is 0 Å². The summed E-state index contributed by atoms with van der Waals surface area (Å²) in [6.07, 6.45) is 8.82. The summed E-state index contributed by atoms with van der Waals surface area (Å²) in [4.78, 5) is 15.4. The van der Waals surface area contributed by atoms with Crippen molar-refractivity contribution in [2.75, 3.05) is 20.1 Å². The molecule has 0 radical (unpaired) electrons. The van der Waals surface area contributed by atoms with Crippen molar-refractivity contribution in [3.63, 3.8) is 0 Å². The van der Waals surface area contributed by atoms with Crippen LogP contribution < -0.4 is 4.72 Å². The SMILES string of the molecule is CNS(=O)(=O)c1ccc(CC2CCCCC2)c(-c2nnn(C3CCCN(C(C)=O)C3)n2)c1. The third kappa shape index (κ3) is 5.01. The van der Waals surface area contributed by atoms with E-state index in [0.717, 1.165) is 36.9 Å². The Morgan fingerprint density at radius 1 is 1.16 bits per heavy atom. The van der Waals surface area contributed by atoms with Gasteiger partial charge in [-0.1, -0.05) is 38.2 Å². The number of aromatic nitrogens is 4. The first-order valence-electron chi connectivity index (χ1n) is 11.5. The molecule has 1 atom stereocenters. The van der Waals surface area contributed by atoms with E-state index in [1.54, 1.807) is 23.9 Å². The van der Waals surface area contributed by atoms with Crippen LogP contribution in [0, 0.1) is 5.92 Å². The van der Waals surface area contributed by atoms with Gasteiger partial charge in [-0.25, -0.2) is 13.1 Å². The fraction of sp³-hybridized carbons (Fsp3) is 0.636. The van der Waals surface area contributed by atoms with Crippen LogP contribution in [0.15, 0.2) is 23.1 Å². The lowest BCUT2D eigenvalue weighted by molar-refractivity contribution is -0.130. The maximum absolute atomic E-state index is 12.4. The first-order chi connectivity index (χ1) is 15.4. The van der Waals surface area contributed by atoms with Crippen molar-refractivity contribution >= 4 is 15.9 Å². The van der Waals surface area contributed by atoms with Crippen molar-refractivity contribution in [2.24, 2.45) is 5.92 Å². The minimum atomic E-state index is -3.59. The van der Waals surface area contributed by atoms with Crippen molar-refractivity contribution in [1.29, 1.82) is 0 Å². The number of nitrogens with zero attached hydrogens (tertiary/aromatic N) is 5. The van der Waals surface area contributed by atoms with Crippen molar-refractivity contribution in [3.05, 3.63) is 23.8 Å². The number of likely N-dealkylation sites (tertiary alicyclic amines) is 1. The van der Waals surface area contributed by atoms with Crippen molar-refractivity contribution < 1.29 is 13.2 Å². The van der Waals surface area contributed by atoms with Gasteiger partial charge in [-0.2, -0.15) is 4.80 Å². The molecule has 0 spiro atoms. The molecule has 1 N–H and O–H groups in total. The molecule has 2 heterocycles. The summed E-state index contributed by atoms with van der Waals surface area (Å²) < 4.78 is 27.2. The van der Waals surface area contributed by atoms with Crippen LogP contribution in [0.5, 0.6) is 0 Å². The average molecular weight is 461 g/mol. The lowest BCUT2D eigenvalue weighted by Gasteiger charge is -2.30. The highest BCUT2D eigenvalue weighted by molar-refractivity contribution is 7.89. The number of hydrogen-bond donors (Lipinski definition) is 1. The fourth-order valence-electron chi connectivity index (χ4n) is 4.85. The number of rotatable bonds is 6. The van der Waals surface area contributed by atoms with E-state index in [9.17, 15) is 13.2 Å². The number of carbonyl (C=O) groups excluding carboxylic acids is 1. The summed E-state index contributed by atoms with van der Waals surface area (Å²) in [6, 6.07) is 5.19. The van der Waals surface area contributed by atoms with Crippen LogP contribution in [0.4, 0.5) is 0 Å². The van der Waals surface area contributed by atoms with Crippen molar-refractivity contribution in [2.45, 2.75) is 69.2 Å². The molecule has 1 aromatic carbocycles. The molecule has 1 unspecified atom stereocenters. The Labute approximate surface area is 189 Å². The zero-order valence-electron chi connectivity index (χ0n) is 18.8. The fourth-order valence-corrected chi connectivity index (χ4v) is 5.60. The van der Waals surface area contributed by atoms with Crippen LogP contribution in [-0.2, 0) is 21.2 Å². The Kier molecular flexibility index (Phi) is 6.90. The van der Waals surface area contributed by atoms with Gasteiger partial charge in [-0.3, -0.25) is 4.79 Å². The normalized spacial score (nSPS) is 20.4. The Balaban J connectivity index is 1.66. The van der Waals surface area contributed by atoms with Gasteiger partial charge in [-0.05, 0) is 55.1 Å². The third-order valence-corrected chi connectivity index (χ3v) is 8.14. The quantitative estimate of drug-likeness (QED) is 0.709. The van der Waals surface area contributed by atoms with Crippen LogP contribution in [0.2, 0.25) is 0 Å². The molecule has 32 heavy (non-hydrogen) atoms. The number of nitrogens with one attached hydrogen (secondary N) is 1. The molecular weight excluding hydrogens is 428 g/mol. The molecule has 1 amide bonds. The standard InChI is InChI=1S/C22H32N6O3S/c1-16(29)27-12-6-9-19(15-27)28-25-22(24-26-28)21-14-20(32(30,31)23-2)11-10-18(21)13-17-7-4-3-5-8-17/h10-11,14,17,19,23H,3-9,12-13,15H2,1-2H3. The average Bonchev–Trinajstić information content (AvgIpc) is 3.30. The molecule has 2 aromatic rings. The number of piperidine rings is 1. The zero-order chi connectivity index (χ0) is 22.7. The number of carbonyl (C=O) groups is 1. The number of amides is 1. The highest BCUT2D eigenvalue weighted by atomic mass is 32.2. The molecule has 1 saturated carbocycles. The topological polar surface area (TPSA) is 110 Å². The summed E-state index contributed by atoms with van der Waals surface area (Å²) in [5.74, 6) is 1.07. The van der Waals surface area contributed by atoms with E-state index in [1.807, 2.05) is 11.0 Å². The van der Waals surface area contributed by atoms with Gasteiger partial charge < -0.3 is 4.90 Å². The maximum atomic E-state index is 12.4. The molecule has 1 aliphatic heterocycles. The number of hydrogen-bond acceptors (Lipinski definition) is 6. The minimum absolute atomic E-state index is 0.0279. The Bertz CT molecular complexity index is 1060. The number of sulfonamides is 1. The van der Waals surface area contributed by atoms with Crippen molar-refractivity contribution in [3.8, 4) is 11.4 Å². The zero-order valence-corrected chi connectivity index (χ0v) is 19.6. The third-order valence-electron chi connectivity index (χ3n) is 6.73. The minimum Gasteiger partial charge on any atom is -0.341 e. The molecular formula is C22H32N6O3S. The smallest absolute Gasteiger partial charge is 0.240 e. The Morgan fingerprint density at radius 2 is 1.94 bits per heavy atom. The summed E-state index contributed by atoms with van der Waals surface area (Å²) in [5, 5.41) is 13.2. The van der Waals surface area contributed by atoms with Crippen LogP contribution in [0.1, 0.15) is 63.5 Å². The van der Waals surface area contributed by atoms with E-state index in [0.29, 0.717) is 18.3 Å². The lowest BCUT2D eigenvalue weighted by Crippen LogP contribution is -2.40. The summed E-state index contributed by atoms with van der Waals surface area (Å²) in [6.45, 7) is 2.89. The molecule has 174 valence electrons. The van der Waals surface area contributed by atoms with Gasteiger partial charge in [0, 0.05) is 25.6 Å². The Hall–Kier alpha value is -2.33. The molecule has 1 saturated heterocycles. The van der Waals surface area contributed by atoms with Crippen molar-refractivity contribution in [1.82, 2.24) is 29.8 Å². The largest absolute Gasteiger partial charge is 0.341 e. The highest BCUT2D eigenvalue weighted by Gasteiger charge is 2.26. The van der Waals surface area contributed by atoms with E-state index in [2.05, 4.69) is 20.1 Å². The molecule has 1 aromatic heterocycles. The molecule has 0 bridgehead atoms. The first kappa shape index (κ1) is 22.8. The molecule has 10 heteroatoms.